The lowest BCUT2D eigenvalue weighted by Gasteiger charge is -2.31. The maximum atomic E-state index is 12.0. The van der Waals surface area contributed by atoms with Crippen LogP contribution in [-0.2, 0) is 11.2 Å². The number of piperidine rings is 1. The molecule has 0 spiro atoms. The van der Waals surface area contributed by atoms with Crippen LogP contribution in [0.15, 0.2) is 54.6 Å². The number of hydrogen-bond acceptors (Lipinski definition) is 6. The molecule has 0 aliphatic carbocycles. The predicted octanol–water partition coefficient (Wildman–Crippen LogP) is 4.19. The van der Waals surface area contributed by atoms with E-state index in [4.69, 9.17) is 21.3 Å². The predicted molar refractivity (Wildman–Crippen MR) is 124 cm³/mol. The second-order valence-electron chi connectivity index (χ2n) is 7.63. The first-order valence-corrected chi connectivity index (χ1v) is 11.6. The molecule has 1 fully saturated rings. The molecule has 0 unspecified atom stereocenters. The van der Waals surface area contributed by atoms with Crippen LogP contribution in [0.4, 0.5) is 5.13 Å². The van der Waals surface area contributed by atoms with Gasteiger partial charge in [-0.1, -0.05) is 41.9 Å². The van der Waals surface area contributed by atoms with Gasteiger partial charge in [-0.3, -0.25) is 4.79 Å². The van der Waals surface area contributed by atoms with Crippen LogP contribution in [0.5, 0.6) is 5.75 Å². The number of halogens is 1. The minimum atomic E-state index is -0.0813. The van der Waals surface area contributed by atoms with Crippen molar-refractivity contribution in [1.29, 1.82) is 0 Å². The van der Waals surface area contributed by atoms with E-state index in [9.17, 15) is 4.79 Å². The molecule has 1 aliphatic rings. The summed E-state index contributed by atoms with van der Waals surface area (Å²) < 4.78 is 10.0. The van der Waals surface area contributed by atoms with Crippen LogP contribution in [0.1, 0.15) is 24.2 Å². The standard InChI is InChI=1S/C23H25ClN4O2S/c24-19-8-6-17(7-9-19)14-21-26-23(31-27-21)28-12-10-18(11-13-28)15-25-22(29)16-30-20-4-2-1-3-5-20/h1-9,18H,10-16H2,(H,25,29). The lowest BCUT2D eigenvalue weighted by Crippen LogP contribution is -2.39. The molecule has 0 radical (unpaired) electrons. The van der Waals surface area contributed by atoms with Crippen molar-refractivity contribution in [2.24, 2.45) is 5.92 Å². The zero-order valence-corrected chi connectivity index (χ0v) is 18.7. The summed E-state index contributed by atoms with van der Waals surface area (Å²) in [5.41, 5.74) is 1.15. The van der Waals surface area contributed by atoms with Gasteiger partial charge in [0, 0.05) is 42.6 Å². The van der Waals surface area contributed by atoms with E-state index in [0.717, 1.165) is 47.5 Å². The Hall–Kier alpha value is -2.64. The Morgan fingerprint density at radius 1 is 1.13 bits per heavy atom. The molecule has 162 valence electrons. The third kappa shape index (κ3) is 6.42. The minimum Gasteiger partial charge on any atom is -0.484 e. The molecule has 8 heteroatoms. The number of nitrogens with one attached hydrogen (secondary N) is 1. The number of amides is 1. The lowest BCUT2D eigenvalue weighted by molar-refractivity contribution is -0.123. The Balaban J connectivity index is 1.18. The van der Waals surface area contributed by atoms with Gasteiger partial charge in [0.15, 0.2) is 6.61 Å². The molecule has 4 rings (SSSR count). The molecule has 3 aromatic rings. The van der Waals surface area contributed by atoms with Gasteiger partial charge < -0.3 is 15.0 Å². The van der Waals surface area contributed by atoms with Crippen LogP contribution >= 0.6 is 23.1 Å². The van der Waals surface area contributed by atoms with E-state index in [2.05, 4.69) is 14.6 Å². The molecule has 1 N–H and O–H groups in total. The van der Waals surface area contributed by atoms with E-state index in [1.54, 1.807) is 0 Å². The number of carbonyl (C=O) groups is 1. The minimum absolute atomic E-state index is 0.0457. The van der Waals surface area contributed by atoms with Crippen molar-refractivity contribution in [3.05, 3.63) is 71.0 Å². The van der Waals surface area contributed by atoms with Crippen molar-refractivity contribution in [3.63, 3.8) is 0 Å². The van der Waals surface area contributed by atoms with Crippen molar-refractivity contribution in [2.75, 3.05) is 31.1 Å². The average Bonchev–Trinajstić information content (AvgIpc) is 3.27. The fraction of sp³-hybridized carbons (Fsp3) is 0.348. The molecule has 0 saturated carbocycles. The van der Waals surface area contributed by atoms with Gasteiger partial charge in [0.2, 0.25) is 5.13 Å². The summed E-state index contributed by atoms with van der Waals surface area (Å²) in [4.78, 5) is 19.1. The van der Waals surface area contributed by atoms with Crippen LogP contribution in [0, 0.1) is 5.92 Å². The number of anilines is 1. The van der Waals surface area contributed by atoms with E-state index < -0.39 is 0 Å². The number of ether oxygens (including phenoxy) is 1. The van der Waals surface area contributed by atoms with Crippen LogP contribution in [0.25, 0.3) is 0 Å². The normalized spacial score (nSPS) is 14.4. The van der Waals surface area contributed by atoms with Gasteiger partial charge in [-0.2, -0.15) is 4.37 Å². The summed E-state index contributed by atoms with van der Waals surface area (Å²) in [6.45, 7) is 2.58. The van der Waals surface area contributed by atoms with E-state index in [-0.39, 0.29) is 12.5 Å². The lowest BCUT2D eigenvalue weighted by atomic mass is 9.97. The molecule has 1 saturated heterocycles. The summed E-state index contributed by atoms with van der Waals surface area (Å²) in [6, 6.07) is 17.2. The zero-order chi connectivity index (χ0) is 21.5. The van der Waals surface area contributed by atoms with E-state index in [1.165, 1.54) is 11.5 Å². The largest absolute Gasteiger partial charge is 0.484 e. The highest BCUT2D eigenvalue weighted by Gasteiger charge is 2.22. The Bertz CT molecular complexity index is 973. The maximum absolute atomic E-state index is 12.0. The molecule has 2 aromatic carbocycles. The highest BCUT2D eigenvalue weighted by Crippen LogP contribution is 2.25. The van der Waals surface area contributed by atoms with Crippen molar-refractivity contribution < 1.29 is 9.53 Å². The van der Waals surface area contributed by atoms with Gasteiger partial charge in [-0.25, -0.2) is 4.98 Å². The first-order valence-electron chi connectivity index (χ1n) is 10.4. The number of aromatic nitrogens is 2. The zero-order valence-electron chi connectivity index (χ0n) is 17.2. The first-order chi connectivity index (χ1) is 15.2. The maximum Gasteiger partial charge on any atom is 0.257 e. The molecular weight excluding hydrogens is 432 g/mol. The molecule has 31 heavy (non-hydrogen) atoms. The molecule has 1 aliphatic heterocycles. The molecule has 1 aromatic heterocycles. The highest BCUT2D eigenvalue weighted by atomic mass is 35.5. The third-order valence-corrected chi connectivity index (χ3v) is 6.39. The van der Waals surface area contributed by atoms with Crippen molar-refractivity contribution in [1.82, 2.24) is 14.7 Å². The number of rotatable bonds is 8. The van der Waals surface area contributed by atoms with Crippen LogP contribution < -0.4 is 15.0 Å². The van der Waals surface area contributed by atoms with E-state index in [1.807, 2.05) is 54.6 Å². The third-order valence-electron chi connectivity index (χ3n) is 5.32. The Morgan fingerprint density at radius 3 is 2.61 bits per heavy atom. The molecule has 0 bridgehead atoms. The van der Waals surface area contributed by atoms with Crippen LogP contribution in [0.3, 0.4) is 0 Å². The summed E-state index contributed by atoms with van der Waals surface area (Å²) >= 11 is 7.40. The fourth-order valence-corrected chi connectivity index (χ4v) is 4.40. The van der Waals surface area contributed by atoms with Crippen molar-refractivity contribution >= 4 is 34.2 Å². The fourth-order valence-electron chi connectivity index (χ4n) is 3.53. The van der Waals surface area contributed by atoms with Crippen molar-refractivity contribution in [3.8, 4) is 5.75 Å². The smallest absolute Gasteiger partial charge is 0.257 e. The summed E-state index contributed by atoms with van der Waals surface area (Å²) in [6.07, 6.45) is 2.75. The second kappa shape index (κ2) is 10.6. The molecule has 0 atom stereocenters. The Morgan fingerprint density at radius 2 is 1.87 bits per heavy atom. The first kappa shape index (κ1) is 21.6. The molecular formula is C23H25ClN4O2S. The monoisotopic (exact) mass is 456 g/mol. The molecule has 1 amide bonds. The Labute approximate surface area is 191 Å². The number of nitrogens with zero attached hydrogens (tertiary/aromatic N) is 3. The summed E-state index contributed by atoms with van der Waals surface area (Å²) in [7, 11) is 0. The second-order valence-corrected chi connectivity index (χ2v) is 8.80. The Kier molecular flexibility index (Phi) is 7.38. The van der Waals surface area contributed by atoms with E-state index in [0.29, 0.717) is 24.6 Å². The summed E-state index contributed by atoms with van der Waals surface area (Å²) in [5.74, 6) is 1.94. The van der Waals surface area contributed by atoms with Gasteiger partial charge in [0.1, 0.15) is 11.6 Å². The van der Waals surface area contributed by atoms with Crippen LogP contribution in [-0.4, -0.2) is 41.5 Å². The average molecular weight is 457 g/mol. The van der Waals surface area contributed by atoms with Gasteiger partial charge in [0.25, 0.3) is 5.91 Å². The summed E-state index contributed by atoms with van der Waals surface area (Å²) in [5, 5.41) is 4.70. The number of benzene rings is 2. The number of carbonyl (C=O) groups excluding carboxylic acids is 1. The van der Waals surface area contributed by atoms with Gasteiger partial charge in [-0.05, 0) is 48.6 Å². The van der Waals surface area contributed by atoms with Crippen LogP contribution in [0.2, 0.25) is 5.02 Å². The topological polar surface area (TPSA) is 67.3 Å². The SMILES string of the molecule is O=C(COc1ccccc1)NCC1CCN(c2nc(Cc3ccc(Cl)cc3)ns2)CC1. The van der Waals surface area contributed by atoms with E-state index >= 15 is 0 Å². The van der Waals surface area contributed by atoms with Gasteiger partial charge in [0.05, 0.1) is 0 Å². The molecule has 6 nitrogen and oxygen atoms in total. The van der Waals surface area contributed by atoms with Gasteiger partial charge >= 0.3 is 0 Å². The highest BCUT2D eigenvalue weighted by molar-refractivity contribution is 7.09. The number of para-hydroxylation sites is 1. The van der Waals surface area contributed by atoms with Gasteiger partial charge in [-0.15, -0.1) is 0 Å². The van der Waals surface area contributed by atoms with Crippen molar-refractivity contribution in [2.45, 2.75) is 19.3 Å². The quantitative estimate of drug-likeness (QED) is 0.550. The molecule has 2 heterocycles. The number of hydrogen-bond donors (Lipinski definition) is 1.